The Bertz CT molecular complexity index is 1450. The molecular formula is C32H33NO7. The van der Waals surface area contributed by atoms with E-state index in [0.29, 0.717) is 34.7 Å². The number of phenols is 1. The maximum atomic E-state index is 13.5. The van der Waals surface area contributed by atoms with Crippen LogP contribution < -0.4 is 9.64 Å². The van der Waals surface area contributed by atoms with Crippen molar-refractivity contribution in [2.75, 3.05) is 11.5 Å². The summed E-state index contributed by atoms with van der Waals surface area (Å²) in [5.74, 6) is -1.73. The molecule has 3 aromatic rings. The van der Waals surface area contributed by atoms with E-state index in [1.165, 1.54) is 29.2 Å². The molecule has 8 heteroatoms. The fraction of sp³-hybridized carbons (Fsp3) is 0.281. The zero-order valence-corrected chi connectivity index (χ0v) is 23.2. The lowest BCUT2D eigenvalue weighted by atomic mass is 9.93. The minimum atomic E-state index is -0.983. The van der Waals surface area contributed by atoms with Crippen LogP contribution >= 0.6 is 0 Å². The van der Waals surface area contributed by atoms with Crippen LogP contribution in [0.1, 0.15) is 73.6 Å². The smallest absolute Gasteiger partial charge is 0.338 e. The van der Waals surface area contributed by atoms with Gasteiger partial charge in [0.05, 0.1) is 29.9 Å². The Morgan fingerprint density at radius 1 is 0.925 bits per heavy atom. The number of aliphatic hydroxyl groups excluding tert-OH is 1. The zero-order valence-electron chi connectivity index (χ0n) is 23.2. The summed E-state index contributed by atoms with van der Waals surface area (Å²) in [5.41, 5.74) is 2.31. The molecule has 1 fully saturated rings. The molecule has 2 N–H and O–H groups in total. The molecule has 1 aliphatic heterocycles. The minimum absolute atomic E-state index is 0.0156. The van der Waals surface area contributed by atoms with Gasteiger partial charge in [0, 0.05) is 11.3 Å². The lowest BCUT2D eigenvalue weighted by Gasteiger charge is -2.25. The Kier molecular flexibility index (Phi) is 8.28. The number of anilines is 1. The molecule has 1 heterocycles. The van der Waals surface area contributed by atoms with Crippen LogP contribution in [0.5, 0.6) is 11.5 Å². The van der Waals surface area contributed by atoms with Crippen molar-refractivity contribution in [3.05, 3.63) is 94.6 Å². The third-order valence-corrected chi connectivity index (χ3v) is 6.58. The number of nitrogens with zero attached hydrogens (tertiary/aromatic N) is 1. The van der Waals surface area contributed by atoms with Crippen molar-refractivity contribution in [1.82, 2.24) is 0 Å². The molecule has 0 saturated carbocycles. The van der Waals surface area contributed by atoms with Gasteiger partial charge in [-0.2, -0.15) is 0 Å². The third kappa shape index (κ3) is 5.57. The van der Waals surface area contributed by atoms with Gasteiger partial charge in [0.25, 0.3) is 11.7 Å². The molecular weight excluding hydrogens is 510 g/mol. The van der Waals surface area contributed by atoms with Gasteiger partial charge in [-0.05, 0) is 92.4 Å². The van der Waals surface area contributed by atoms with Gasteiger partial charge < -0.3 is 19.7 Å². The van der Waals surface area contributed by atoms with Crippen molar-refractivity contribution in [3.63, 3.8) is 0 Å². The number of carbonyl (C=O) groups excluding carboxylic acids is 3. The van der Waals surface area contributed by atoms with Crippen LogP contribution in [0, 0.1) is 0 Å². The Morgan fingerprint density at radius 3 is 2.12 bits per heavy atom. The van der Waals surface area contributed by atoms with Gasteiger partial charge in [0.2, 0.25) is 0 Å². The first-order valence-corrected chi connectivity index (χ1v) is 13.2. The first-order valence-electron chi connectivity index (χ1n) is 13.2. The summed E-state index contributed by atoms with van der Waals surface area (Å²) < 4.78 is 11.0. The molecule has 0 bridgehead atoms. The number of amides is 1. The molecule has 1 saturated heterocycles. The van der Waals surface area contributed by atoms with E-state index in [9.17, 15) is 24.6 Å². The average Bonchev–Trinajstić information content (AvgIpc) is 3.18. The molecule has 208 valence electrons. The molecule has 4 rings (SSSR count). The number of benzene rings is 3. The van der Waals surface area contributed by atoms with Crippen molar-refractivity contribution >= 4 is 29.1 Å². The van der Waals surface area contributed by atoms with Gasteiger partial charge in [0.1, 0.15) is 17.3 Å². The number of aliphatic hydroxyl groups is 1. The minimum Gasteiger partial charge on any atom is -0.508 e. The standard InChI is InChI=1S/C32H33NO7/c1-6-39-26-16-11-22(17-25(26)18(2)3)29(35)27-28(20-9-14-24(34)15-10-20)33(31(37)30(27)36)23-12-7-21(8-13-23)32(38)40-19(4)5/h7-19,28,34-35H,6H2,1-5H3/b29-27-. The fourth-order valence-corrected chi connectivity index (χ4v) is 4.70. The Labute approximate surface area is 233 Å². The van der Waals surface area contributed by atoms with Crippen molar-refractivity contribution < 1.29 is 34.1 Å². The van der Waals surface area contributed by atoms with E-state index < -0.39 is 23.7 Å². The number of ketones is 1. The SMILES string of the molecule is CCOc1ccc(/C(O)=C2/C(=O)C(=O)N(c3ccc(C(=O)OC(C)C)cc3)C2c2ccc(O)cc2)cc1C(C)C. The molecule has 1 amide bonds. The summed E-state index contributed by atoms with van der Waals surface area (Å²) in [6.45, 7) is 9.85. The second kappa shape index (κ2) is 11.7. The highest BCUT2D eigenvalue weighted by Gasteiger charge is 2.47. The van der Waals surface area contributed by atoms with Gasteiger partial charge in [-0.3, -0.25) is 14.5 Å². The number of hydrogen-bond donors (Lipinski definition) is 2. The maximum Gasteiger partial charge on any atom is 0.338 e. The van der Waals surface area contributed by atoms with Gasteiger partial charge in [-0.1, -0.05) is 26.0 Å². The Morgan fingerprint density at radius 2 is 1.55 bits per heavy atom. The zero-order chi connectivity index (χ0) is 29.1. The van der Waals surface area contributed by atoms with Crippen molar-refractivity contribution in [1.29, 1.82) is 0 Å². The molecule has 0 aliphatic carbocycles. The van der Waals surface area contributed by atoms with Crippen LogP contribution in [0.25, 0.3) is 5.76 Å². The first-order chi connectivity index (χ1) is 19.0. The van der Waals surface area contributed by atoms with Crippen LogP contribution in [0.15, 0.2) is 72.3 Å². The van der Waals surface area contributed by atoms with E-state index in [0.717, 1.165) is 5.56 Å². The van der Waals surface area contributed by atoms with Crippen molar-refractivity contribution in [3.8, 4) is 11.5 Å². The normalized spacial score (nSPS) is 16.6. The van der Waals surface area contributed by atoms with E-state index >= 15 is 0 Å². The van der Waals surface area contributed by atoms with Crippen molar-refractivity contribution in [2.45, 2.75) is 52.7 Å². The maximum absolute atomic E-state index is 13.5. The van der Waals surface area contributed by atoms with E-state index in [2.05, 4.69) is 0 Å². The van der Waals surface area contributed by atoms with Crippen LogP contribution in [0.4, 0.5) is 5.69 Å². The summed E-state index contributed by atoms with van der Waals surface area (Å²) >= 11 is 0. The molecule has 0 radical (unpaired) electrons. The van der Waals surface area contributed by atoms with Gasteiger partial charge in [-0.15, -0.1) is 0 Å². The lowest BCUT2D eigenvalue weighted by Crippen LogP contribution is -2.29. The summed E-state index contributed by atoms with van der Waals surface area (Å²) in [6.07, 6.45) is -0.293. The molecule has 0 aromatic heterocycles. The van der Waals surface area contributed by atoms with E-state index in [1.807, 2.05) is 20.8 Å². The molecule has 0 spiro atoms. The second-order valence-electron chi connectivity index (χ2n) is 10.1. The fourth-order valence-electron chi connectivity index (χ4n) is 4.70. The third-order valence-electron chi connectivity index (χ3n) is 6.58. The topological polar surface area (TPSA) is 113 Å². The number of aromatic hydroxyl groups is 1. The summed E-state index contributed by atoms with van der Waals surface area (Å²) in [6, 6.07) is 16.4. The predicted molar refractivity (Wildman–Crippen MR) is 152 cm³/mol. The quantitative estimate of drug-likeness (QED) is 0.153. The summed E-state index contributed by atoms with van der Waals surface area (Å²) in [5, 5.41) is 21.4. The molecule has 1 atom stereocenters. The molecule has 1 unspecified atom stereocenters. The molecule has 1 aliphatic rings. The highest BCUT2D eigenvalue weighted by atomic mass is 16.5. The van der Waals surface area contributed by atoms with E-state index in [4.69, 9.17) is 9.47 Å². The largest absolute Gasteiger partial charge is 0.508 e. The number of carbonyl (C=O) groups is 3. The highest BCUT2D eigenvalue weighted by Crippen LogP contribution is 2.43. The molecule has 40 heavy (non-hydrogen) atoms. The van der Waals surface area contributed by atoms with Gasteiger partial charge >= 0.3 is 5.97 Å². The number of rotatable bonds is 8. The van der Waals surface area contributed by atoms with Crippen LogP contribution in [-0.2, 0) is 14.3 Å². The Balaban J connectivity index is 1.85. The van der Waals surface area contributed by atoms with Gasteiger partial charge in [0.15, 0.2) is 0 Å². The first kappa shape index (κ1) is 28.4. The summed E-state index contributed by atoms with van der Waals surface area (Å²) in [4.78, 5) is 40.6. The average molecular weight is 544 g/mol. The highest BCUT2D eigenvalue weighted by molar-refractivity contribution is 6.51. The number of phenolic OH excluding ortho intramolecular Hbond substituents is 1. The number of esters is 1. The molecule has 3 aromatic carbocycles. The summed E-state index contributed by atoms with van der Waals surface area (Å²) in [7, 11) is 0. The van der Waals surface area contributed by atoms with Gasteiger partial charge in [-0.25, -0.2) is 4.79 Å². The monoisotopic (exact) mass is 543 g/mol. The Hall–Kier alpha value is -4.59. The van der Waals surface area contributed by atoms with E-state index in [1.54, 1.807) is 56.3 Å². The molecule has 8 nitrogen and oxygen atoms in total. The van der Waals surface area contributed by atoms with Crippen molar-refractivity contribution in [2.24, 2.45) is 0 Å². The van der Waals surface area contributed by atoms with Crippen LogP contribution in [0.3, 0.4) is 0 Å². The second-order valence-corrected chi connectivity index (χ2v) is 10.1. The van der Waals surface area contributed by atoms with Crippen LogP contribution in [0.2, 0.25) is 0 Å². The van der Waals surface area contributed by atoms with Crippen LogP contribution in [-0.4, -0.2) is 40.6 Å². The predicted octanol–water partition coefficient (Wildman–Crippen LogP) is 6.11. The number of ether oxygens (including phenoxy) is 2. The van der Waals surface area contributed by atoms with E-state index in [-0.39, 0.29) is 29.1 Å². The number of Topliss-reactive ketones (excluding diaryl/α,β-unsaturated/α-hetero) is 1. The number of hydrogen-bond acceptors (Lipinski definition) is 7. The lowest BCUT2D eigenvalue weighted by molar-refractivity contribution is -0.132.